The number of nitriles is 12. The minimum absolute atomic E-state index is 0.0111. The van der Waals surface area contributed by atoms with Crippen molar-refractivity contribution in [2.75, 3.05) is 0 Å². The molecule has 0 aliphatic rings. The zero-order valence-corrected chi connectivity index (χ0v) is 68.4. The molecule has 0 aliphatic carbocycles. The van der Waals surface area contributed by atoms with Crippen molar-refractivity contribution in [2.24, 2.45) is 0 Å². The molecule has 0 saturated heterocycles. The third-order valence-electron chi connectivity index (χ3n) is 19.5. The molecular weight excluding hydrogens is 1860 g/mol. The molecule has 664 valence electrons. The van der Waals surface area contributed by atoms with Gasteiger partial charge in [-0.2, -0.15) is 42.1 Å². The van der Waals surface area contributed by atoms with Crippen LogP contribution in [0.1, 0.15) is 44.5 Å². The molecule has 20 nitrogen and oxygen atoms in total. The van der Waals surface area contributed by atoms with Crippen LogP contribution in [0.3, 0.4) is 0 Å². The van der Waals surface area contributed by atoms with E-state index in [1.54, 1.807) is 48.6 Å². The van der Waals surface area contributed by atoms with Crippen LogP contribution in [0, 0.1) is 305 Å². The van der Waals surface area contributed by atoms with Crippen LogP contribution < -0.4 is 41.7 Å². The van der Waals surface area contributed by atoms with E-state index in [-0.39, 0.29) is 92.2 Å². The van der Waals surface area contributed by atoms with Crippen molar-refractivity contribution >= 4 is 67.8 Å². The summed E-state index contributed by atoms with van der Waals surface area (Å²) in [6.45, 7) is 55.4. The van der Waals surface area contributed by atoms with Gasteiger partial charge in [-0.15, -0.1) is 0 Å². The monoisotopic (exact) mass is 1880 g/mol. The smallest absolute Gasteiger partial charge is 0.232 e. The lowest BCUT2D eigenvalue weighted by molar-refractivity contribution is 0.457. The Balaban J connectivity index is 0.000000209. The average molecular weight is 1890 g/mol. The molecule has 0 amide bonds. The Kier molecular flexibility index (Phi) is 31.7. The lowest BCUT2D eigenvalue weighted by Crippen LogP contribution is -2.18. The molecular formula is C100H24F20N20. The van der Waals surface area contributed by atoms with Gasteiger partial charge in [0.15, 0.2) is 93.1 Å². The fraction of sp³-hybridized carbons (Fsp3) is 0. The molecule has 0 bridgehead atoms. The van der Waals surface area contributed by atoms with Crippen molar-refractivity contribution in [2.45, 2.75) is 0 Å². The molecule has 40 heteroatoms. The first-order valence-electron chi connectivity index (χ1n) is 36.9. The highest BCUT2D eigenvalue weighted by Crippen LogP contribution is 2.40. The van der Waals surface area contributed by atoms with Crippen molar-refractivity contribution in [3.05, 3.63) is 440 Å². The topological polar surface area (TPSA) is 320 Å². The van der Waals surface area contributed by atoms with Gasteiger partial charge in [0.25, 0.3) is 45.5 Å². The van der Waals surface area contributed by atoms with Crippen LogP contribution in [-0.2, 0) is 0 Å². The van der Waals surface area contributed by atoms with Crippen molar-refractivity contribution < 1.29 is 87.8 Å². The number of benzene rings is 12. The molecule has 0 fully saturated rings. The van der Waals surface area contributed by atoms with E-state index in [1.165, 1.54) is 42.5 Å². The maximum atomic E-state index is 15.0. The predicted molar refractivity (Wildman–Crippen MR) is 448 cm³/mol. The molecule has 0 aromatic heterocycles. The number of halogens is 20. The van der Waals surface area contributed by atoms with Crippen LogP contribution in [0.2, 0.25) is 0 Å². The lowest BCUT2D eigenvalue weighted by atomic mass is 9.92. The van der Waals surface area contributed by atoms with Crippen LogP contribution >= 0.6 is 0 Å². The van der Waals surface area contributed by atoms with Gasteiger partial charge in [0, 0.05) is 32.0 Å². The maximum Gasteiger partial charge on any atom is 0.268 e. The van der Waals surface area contributed by atoms with Crippen molar-refractivity contribution in [3.63, 3.8) is 0 Å². The van der Waals surface area contributed by atoms with E-state index in [2.05, 4.69) is 38.8 Å². The molecule has 0 saturated carbocycles. The van der Waals surface area contributed by atoms with Gasteiger partial charge in [-0.1, -0.05) is 91.0 Å². The highest BCUT2D eigenvalue weighted by molar-refractivity contribution is 5.89. The highest BCUT2D eigenvalue weighted by atomic mass is 19.2. The van der Waals surface area contributed by atoms with Gasteiger partial charge in [-0.25, -0.2) is 148 Å². The second-order valence-corrected chi connectivity index (χ2v) is 26.9. The summed E-state index contributed by atoms with van der Waals surface area (Å²) in [7, 11) is 0. The van der Waals surface area contributed by atoms with Gasteiger partial charge < -0.3 is 0 Å². The van der Waals surface area contributed by atoms with E-state index in [4.69, 9.17) is 63.1 Å². The molecule has 12 aromatic rings. The molecule has 12 aromatic carbocycles. The minimum Gasteiger partial charge on any atom is -0.232 e. The largest absolute Gasteiger partial charge is 0.268 e. The first-order chi connectivity index (χ1) is 66.9. The first-order valence-corrected chi connectivity index (χ1v) is 36.9. The molecule has 12 rings (SSSR count). The second-order valence-electron chi connectivity index (χ2n) is 26.9. The summed E-state index contributed by atoms with van der Waals surface area (Å²) >= 11 is 0. The standard InChI is InChI=1S/4C25H6F5N5/c1-34-19(11-33)12-4-6-15(17(7-12)16-8-14(26)5-3-13(16)9-31)18(10-32)20-21(27)23(29)25(35-2)24(30)22(20)28;1-34-19(11-33)13-3-5-15(16(8-13)12-4-6-18(26)14(7-12)9-31)17(10-32)20-21(27)23(29)25(35-2)24(30)22(20)28;1-34-19(11-33)13-3-4-16(17(8-13)14-5-12(9-31)6-15(26)7-14)18(10-32)20-21(27)23(29)25(35-2)24(30)22(20)28;1-34-18(11-33)12-6-7-14(16(8-12)15-5-3-4-13(9-31)20(15)26)17(10-32)19-21(27)23(29)25(35-2)24(30)22(19)28/h4*3-8H/b18-15+,19-12+;17-15+,19-13+;18-16+,19-13+;17-14+,18-12+. The fourth-order valence-electron chi connectivity index (χ4n) is 13.2. The normalized spacial score (nSPS) is 11.8. The van der Waals surface area contributed by atoms with Gasteiger partial charge in [0.05, 0.1) is 156 Å². The van der Waals surface area contributed by atoms with Crippen LogP contribution in [0.15, 0.2) is 146 Å². The quantitative estimate of drug-likeness (QED) is 0.0778. The van der Waals surface area contributed by atoms with E-state index in [0.29, 0.717) is 0 Å². The van der Waals surface area contributed by atoms with Crippen LogP contribution in [-0.4, -0.2) is 0 Å². The molecule has 0 N–H and O–H groups in total. The summed E-state index contributed by atoms with van der Waals surface area (Å²) in [5.41, 5.74) is -19.7. The second kappa shape index (κ2) is 43.6. The summed E-state index contributed by atoms with van der Waals surface area (Å²) in [4.78, 5) is 21.9. The Hall–Kier alpha value is -22.0. The van der Waals surface area contributed by atoms with Crippen molar-refractivity contribution in [3.8, 4) is 117 Å². The Morgan fingerprint density at radius 2 is 0.529 bits per heavy atom. The van der Waals surface area contributed by atoms with Gasteiger partial charge >= 0.3 is 0 Å². The number of nitrogens with zero attached hydrogens (tertiary/aromatic N) is 20. The van der Waals surface area contributed by atoms with E-state index < -0.39 is 223 Å². The minimum atomic E-state index is -2.02. The Morgan fingerprint density at radius 1 is 0.221 bits per heavy atom. The highest BCUT2D eigenvalue weighted by Gasteiger charge is 2.34. The van der Waals surface area contributed by atoms with Gasteiger partial charge in [0.1, 0.15) is 59.7 Å². The van der Waals surface area contributed by atoms with Crippen molar-refractivity contribution in [1.82, 2.24) is 0 Å². The molecule has 0 atom stereocenters. The van der Waals surface area contributed by atoms with E-state index in [9.17, 15) is 136 Å². The summed E-state index contributed by atoms with van der Waals surface area (Å²) in [5.74, 6) is -35.8. The van der Waals surface area contributed by atoms with E-state index >= 15 is 4.39 Å². The zero-order chi connectivity index (χ0) is 103. The lowest BCUT2D eigenvalue weighted by Gasteiger charge is -2.11. The Morgan fingerprint density at radius 3 is 0.821 bits per heavy atom. The van der Waals surface area contributed by atoms with E-state index in [0.717, 1.165) is 127 Å². The molecule has 140 heavy (non-hydrogen) atoms. The maximum absolute atomic E-state index is 15.0. The van der Waals surface area contributed by atoms with Gasteiger partial charge in [0.2, 0.25) is 0 Å². The van der Waals surface area contributed by atoms with Crippen LogP contribution in [0.25, 0.3) is 128 Å². The number of hydrogen-bond donors (Lipinski definition) is 0. The third kappa shape index (κ3) is 19.3. The summed E-state index contributed by atoms with van der Waals surface area (Å²) < 4.78 is 290. The SMILES string of the molecule is [C-]#[N+]/C(C#N)=c1\cc/c(=C(/C#N)c2c(F)c(F)c([N+]#[C-])c(F)c2F)c(-c2cc(F)cc(C#N)c2)c1.[C-]#[N+]/C(C#N)=c1\cc/c(=C(/C#N)c2c(F)c(F)c([N+]#[C-])c(F)c2F)c(-c2cc(F)ccc2C#N)c1.[C-]#[N+]/C(C#N)=c1\cc/c(=C(/C#N)c2c(F)c(F)c([N+]#[C-])c(F)c2F)c(-c2ccc(F)c(C#N)c2)c1.[C-]#[N+]/C(C#N)=c1\cc/c(=C(/C#N)c2c(F)c(F)c([N+]#[C-])c(F)c2F)c(-c2cccc(C#N)c2F)c1. The predicted octanol–water partition coefficient (Wildman–Crippen LogP) is 19.0. The molecule has 0 aliphatic heterocycles. The van der Waals surface area contributed by atoms with E-state index in [1.807, 2.05) is 0 Å². The Labute approximate surface area is 772 Å². The summed E-state index contributed by atoms with van der Waals surface area (Å²) in [6.07, 6.45) is 0. The van der Waals surface area contributed by atoms with Gasteiger partial charge in [-0.05, 0) is 109 Å². The Bertz CT molecular complexity index is 8940. The third-order valence-corrected chi connectivity index (χ3v) is 19.5. The van der Waals surface area contributed by atoms with Gasteiger partial charge in [-0.3, -0.25) is 0 Å². The molecule has 0 unspecified atom stereocenters. The first kappa shape index (κ1) is 102. The zero-order valence-electron chi connectivity index (χ0n) is 68.4. The molecule has 0 radical (unpaired) electrons. The van der Waals surface area contributed by atoms with Crippen LogP contribution in [0.5, 0.6) is 0 Å². The van der Waals surface area contributed by atoms with Crippen molar-refractivity contribution in [1.29, 1.82) is 63.1 Å². The number of hydrogen-bond acceptors (Lipinski definition) is 12. The summed E-state index contributed by atoms with van der Waals surface area (Å²) in [6, 6.07) is 44.9. The fourth-order valence-corrected chi connectivity index (χ4v) is 13.2. The average Bonchev–Trinajstić information content (AvgIpc) is 0.757. The van der Waals surface area contributed by atoms with Crippen LogP contribution in [0.4, 0.5) is 111 Å². The molecule has 0 spiro atoms. The number of rotatable bonds is 8. The molecule has 0 heterocycles. The summed E-state index contributed by atoms with van der Waals surface area (Å²) in [5, 5.41) is 111.